The highest BCUT2D eigenvalue weighted by molar-refractivity contribution is 6.34. The fourth-order valence-electron chi connectivity index (χ4n) is 1.35. The van der Waals surface area contributed by atoms with Crippen LogP contribution in [-0.4, -0.2) is 18.9 Å². The normalized spacial score (nSPS) is 10.5. The third kappa shape index (κ3) is 2.42. The Morgan fingerprint density at radius 1 is 1.47 bits per heavy atom. The summed E-state index contributed by atoms with van der Waals surface area (Å²) in [5.41, 5.74) is 7.03. The highest BCUT2D eigenvalue weighted by atomic mass is 35.5. The van der Waals surface area contributed by atoms with Gasteiger partial charge in [0.05, 0.1) is 10.6 Å². The predicted molar refractivity (Wildman–Crippen MR) is 66.0 cm³/mol. The zero-order valence-corrected chi connectivity index (χ0v) is 9.97. The van der Waals surface area contributed by atoms with Gasteiger partial charge in [-0.25, -0.2) is 0 Å². The van der Waals surface area contributed by atoms with Crippen LogP contribution in [-0.2, 0) is 0 Å². The Morgan fingerprint density at radius 2 is 2.07 bits per heavy atom. The number of nitrogens with zero attached hydrogens (tertiary/aromatic N) is 1. The Morgan fingerprint density at radius 3 is 2.53 bits per heavy atom. The Hall–Kier alpha value is -1.22. The topological polar surface area (TPSA) is 53.1 Å². The summed E-state index contributed by atoms with van der Waals surface area (Å²) in [6, 6.07) is 5.86. The summed E-state index contributed by atoms with van der Waals surface area (Å²) in [4.78, 5) is 2.04. The van der Waals surface area contributed by atoms with Gasteiger partial charge in [-0.1, -0.05) is 17.7 Å². The van der Waals surface area contributed by atoms with Gasteiger partial charge in [-0.15, -0.1) is 0 Å². The molecule has 0 spiro atoms. The van der Waals surface area contributed by atoms with Crippen LogP contribution in [0.1, 0.15) is 19.4 Å². The Kier molecular flexibility index (Phi) is 3.58. The van der Waals surface area contributed by atoms with E-state index in [0.29, 0.717) is 16.6 Å². The lowest BCUT2D eigenvalue weighted by Crippen LogP contribution is -2.28. The molecule has 0 aliphatic carbocycles. The molecule has 0 radical (unpaired) electrons. The number of hydrogen-bond acceptors (Lipinski definition) is 2. The number of benzene rings is 1. The van der Waals surface area contributed by atoms with Crippen LogP contribution in [0.15, 0.2) is 18.2 Å². The van der Waals surface area contributed by atoms with Crippen LogP contribution in [0.4, 0.5) is 5.69 Å². The van der Waals surface area contributed by atoms with Crippen molar-refractivity contribution >= 4 is 23.1 Å². The monoisotopic (exact) mass is 225 g/mol. The van der Waals surface area contributed by atoms with Gasteiger partial charge in [0, 0.05) is 18.8 Å². The minimum atomic E-state index is 0.00287. The van der Waals surface area contributed by atoms with Crippen LogP contribution in [0.25, 0.3) is 0 Å². The molecular formula is C11H16ClN3. The van der Waals surface area contributed by atoms with Crippen LogP contribution in [0.2, 0.25) is 5.02 Å². The fourth-order valence-corrected chi connectivity index (χ4v) is 1.62. The van der Waals surface area contributed by atoms with Gasteiger partial charge in [-0.05, 0) is 26.0 Å². The molecule has 3 N–H and O–H groups in total. The molecule has 15 heavy (non-hydrogen) atoms. The van der Waals surface area contributed by atoms with Gasteiger partial charge in [-0.2, -0.15) is 0 Å². The maximum Gasteiger partial charge on any atom is 0.126 e. The molecule has 0 saturated carbocycles. The number of halogens is 1. The van der Waals surface area contributed by atoms with Gasteiger partial charge in [0.25, 0.3) is 0 Å². The van der Waals surface area contributed by atoms with E-state index in [4.69, 9.17) is 22.7 Å². The van der Waals surface area contributed by atoms with Crippen molar-refractivity contribution in [3.8, 4) is 0 Å². The lowest BCUT2D eigenvalue weighted by Gasteiger charge is -2.26. The zero-order chi connectivity index (χ0) is 11.6. The predicted octanol–water partition coefficient (Wildman–Crippen LogP) is 2.47. The standard InChI is InChI=1S/C11H16ClN3/c1-7(2)15(3)9-6-4-5-8(12)10(9)11(13)14/h4-7H,1-3H3,(H3,13,14). The number of nitrogen functional groups attached to an aromatic ring is 1. The Balaban J connectivity index is 3.29. The van der Waals surface area contributed by atoms with Crippen molar-refractivity contribution in [1.82, 2.24) is 0 Å². The first-order valence-electron chi connectivity index (χ1n) is 4.81. The number of nitrogens with one attached hydrogen (secondary N) is 1. The average molecular weight is 226 g/mol. The molecule has 82 valence electrons. The van der Waals surface area contributed by atoms with Crippen molar-refractivity contribution in [2.75, 3.05) is 11.9 Å². The van der Waals surface area contributed by atoms with E-state index in [2.05, 4.69) is 13.8 Å². The van der Waals surface area contributed by atoms with Crippen LogP contribution in [0.5, 0.6) is 0 Å². The van der Waals surface area contributed by atoms with Crippen LogP contribution >= 0.6 is 11.6 Å². The SMILES string of the molecule is CC(C)N(C)c1cccc(Cl)c1C(=N)N. The molecule has 0 heterocycles. The molecule has 1 rings (SSSR count). The lowest BCUT2D eigenvalue weighted by molar-refractivity contribution is 0.754. The van der Waals surface area contributed by atoms with E-state index in [1.165, 1.54) is 0 Å². The summed E-state index contributed by atoms with van der Waals surface area (Å²) in [5.74, 6) is 0.00287. The number of amidine groups is 1. The molecule has 4 heteroatoms. The van der Waals surface area contributed by atoms with Crippen molar-refractivity contribution in [3.63, 3.8) is 0 Å². The van der Waals surface area contributed by atoms with Crippen LogP contribution in [0.3, 0.4) is 0 Å². The van der Waals surface area contributed by atoms with Gasteiger partial charge in [0.2, 0.25) is 0 Å². The fraction of sp³-hybridized carbons (Fsp3) is 0.364. The molecule has 3 nitrogen and oxygen atoms in total. The number of nitrogens with two attached hydrogens (primary N) is 1. The molecule has 0 fully saturated rings. The second kappa shape index (κ2) is 4.53. The van der Waals surface area contributed by atoms with Crippen molar-refractivity contribution in [2.24, 2.45) is 5.73 Å². The van der Waals surface area contributed by atoms with Gasteiger partial charge in [-0.3, -0.25) is 5.41 Å². The van der Waals surface area contributed by atoms with Gasteiger partial charge < -0.3 is 10.6 Å². The average Bonchev–Trinajstić information content (AvgIpc) is 2.15. The summed E-state index contributed by atoms with van der Waals surface area (Å²) in [7, 11) is 1.96. The minimum Gasteiger partial charge on any atom is -0.384 e. The molecule has 0 bridgehead atoms. The highest BCUT2D eigenvalue weighted by Crippen LogP contribution is 2.27. The summed E-state index contributed by atoms with van der Waals surface area (Å²) in [6.07, 6.45) is 0. The number of rotatable bonds is 3. The summed E-state index contributed by atoms with van der Waals surface area (Å²) in [6.45, 7) is 4.15. The van der Waals surface area contributed by atoms with Crippen molar-refractivity contribution in [2.45, 2.75) is 19.9 Å². The molecular weight excluding hydrogens is 210 g/mol. The number of anilines is 1. The first-order chi connectivity index (χ1) is 6.95. The summed E-state index contributed by atoms with van der Waals surface area (Å²) in [5, 5.41) is 8.04. The lowest BCUT2D eigenvalue weighted by atomic mass is 10.1. The van der Waals surface area contributed by atoms with E-state index in [0.717, 1.165) is 5.69 Å². The first kappa shape index (κ1) is 11.9. The largest absolute Gasteiger partial charge is 0.384 e. The second-order valence-electron chi connectivity index (χ2n) is 3.75. The second-order valence-corrected chi connectivity index (χ2v) is 4.16. The van der Waals surface area contributed by atoms with Gasteiger partial charge >= 0.3 is 0 Å². The highest BCUT2D eigenvalue weighted by Gasteiger charge is 2.14. The smallest absolute Gasteiger partial charge is 0.126 e. The molecule has 1 aromatic rings. The van der Waals surface area contributed by atoms with Crippen molar-refractivity contribution in [1.29, 1.82) is 5.41 Å². The van der Waals surface area contributed by atoms with E-state index in [1.54, 1.807) is 6.07 Å². The Bertz CT molecular complexity index is 374. The van der Waals surface area contributed by atoms with Crippen LogP contribution < -0.4 is 10.6 Å². The summed E-state index contributed by atoms with van der Waals surface area (Å²) < 4.78 is 0. The molecule has 0 aromatic heterocycles. The molecule has 1 aromatic carbocycles. The van der Waals surface area contributed by atoms with E-state index < -0.39 is 0 Å². The quantitative estimate of drug-likeness (QED) is 0.614. The van der Waals surface area contributed by atoms with Gasteiger partial charge in [0.15, 0.2) is 0 Å². The molecule has 0 aliphatic heterocycles. The van der Waals surface area contributed by atoms with E-state index >= 15 is 0 Å². The molecule has 0 aliphatic rings. The number of hydrogen-bond donors (Lipinski definition) is 2. The molecule has 0 unspecified atom stereocenters. The van der Waals surface area contributed by atoms with E-state index in [1.807, 2.05) is 24.1 Å². The van der Waals surface area contributed by atoms with E-state index in [9.17, 15) is 0 Å². The van der Waals surface area contributed by atoms with Crippen LogP contribution in [0, 0.1) is 5.41 Å². The summed E-state index contributed by atoms with van der Waals surface area (Å²) >= 11 is 6.03. The molecule has 0 saturated heterocycles. The Labute approximate surface area is 95.3 Å². The van der Waals surface area contributed by atoms with Crippen molar-refractivity contribution < 1.29 is 0 Å². The maximum atomic E-state index is 7.52. The zero-order valence-electron chi connectivity index (χ0n) is 9.21. The van der Waals surface area contributed by atoms with E-state index in [-0.39, 0.29) is 5.84 Å². The first-order valence-corrected chi connectivity index (χ1v) is 5.18. The molecule has 0 atom stereocenters. The van der Waals surface area contributed by atoms with Gasteiger partial charge in [0.1, 0.15) is 5.84 Å². The molecule has 0 amide bonds. The minimum absolute atomic E-state index is 0.00287. The third-order valence-corrected chi connectivity index (χ3v) is 2.73. The maximum absolute atomic E-state index is 7.52. The third-order valence-electron chi connectivity index (χ3n) is 2.42. The van der Waals surface area contributed by atoms with Crippen molar-refractivity contribution in [3.05, 3.63) is 28.8 Å².